The molecule has 0 bridgehead atoms. The molecule has 0 fully saturated rings. The number of aromatic hydroxyl groups is 1. The third kappa shape index (κ3) is 3.89. The van der Waals surface area contributed by atoms with Gasteiger partial charge in [-0.15, -0.1) is 0 Å². The Bertz CT molecular complexity index is 1200. The molecule has 1 unspecified atom stereocenters. The molecule has 0 spiro atoms. The number of benzene rings is 2. The molecule has 2 aromatic heterocycles. The van der Waals surface area contributed by atoms with Crippen molar-refractivity contribution in [2.45, 2.75) is 12.2 Å². The van der Waals surface area contributed by atoms with Gasteiger partial charge in [0.25, 0.3) is 0 Å². The molecule has 0 aliphatic heterocycles. The number of halogens is 4. The lowest BCUT2D eigenvalue weighted by molar-refractivity contribution is -0.137. The smallest absolute Gasteiger partial charge is 0.417 e. The van der Waals surface area contributed by atoms with Crippen LogP contribution in [-0.2, 0) is 6.18 Å². The Labute approximate surface area is 175 Å². The SMILES string of the molecule is Oc1c(C(Nc2ccccn2)c2ccc(Cl)c(C(F)(F)F)c2)ccc2cccnc12. The van der Waals surface area contributed by atoms with Crippen LogP contribution in [0.15, 0.2) is 73.1 Å². The molecule has 2 heterocycles. The van der Waals surface area contributed by atoms with Crippen LogP contribution in [0.3, 0.4) is 0 Å². The first-order chi connectivity index (χ1) is 14.3. The van der Waals surface area contributed by atoms with E-state index >= 15 is 0 Å². The Hall–Kier alpha value is -3.32. The van der Waals surface area contributed by atoms with E-state index in [1.165, 1.54) is 18.3 Å². The molecule has 30 heavy (non-hydrogen) atoms. The molecule has 0 radical (unpaired) electrons. The van der Waals surface area contributed by atoms with Crippen LogP contribution >= 0.6 is 11.6 Å². The van der Waals surface area contributed by atoms with E-state index in [9.17, 15) is 18.3 Å². The quantitative estimate of drug-likeness (QED) is 0.405. The summed E-state index contributed by atoms with van der Waals surface area (Å²) in [6.45, 7) is 0. The molecule has 0 saturated carbocycles. The highest BCUT2D eigenvalue weighted by Crippen LogP contribution is 2.40. The van der Waals surface area contributed by atoms with E-state index in [1.807, 2.05) is 0 Å². The molecule has 152 valence electrons. The van der Waals surface area contributed by atoms with Crippen molar-refractivity contribution in [2.75, 3.05) is 5.32 Å². The summed E-state index contributed by atoms with van der Waals surface area (Å²) < 4.78 is 40.3. The number of anilines is 1. The number of hydrogen-bond donors (Lipinski definition) is 2. The summed E-state index contributed by atoms with van der Waals surface area (Å²) in [6, 6.07) is 14.9. The summed E-state index contributed by atoms with van der Waals surface area (Å²) >= 11 is 5.79. The van der Waals surface area contributed by atoms with Gasteiger partial charge < -0.3 is 10.4 Å². The number of nitrogens with one attached hydrogen (secondary N) is 1. The molecule has 0 amide bonds. The van der Waals surface area contributed by atoms with Crippen LogP contribution < -0.4 is 5.32 Å². The summed E-state index contributed by atoms with van der Waals surface area (Å²) in [7, 11) is 0. The monoisotopic (exact) mass is 429 g/mol. The van der Waals surface area contributed by atoms with Crippen molar-refractivity contribution in [3.63, 3.8) is 0 Å². The van der Waals surface area contributed by atoms with Crippen molar-refractivity contribution in [1.29, 1.82) is 0 Å². The molecule has 8 heteroatoms. The van der Waals surface area contributed by atoms with Gasteiger partial charge in [-0.1, -0.05) is 41.9 Å². The van der Waals surface area contributed by atoms with E-state index < -0.39 is 22.8 Å². The number of pyridine rings is 2. The molecule has 2 aromatic carbocycles. The third-order valence-corrected chi connectivity index (χ3v) is 5.01. The van der Waals surface area contributed by atoms with Crippen LogP contribution in [0.2, 0.25) is 5.02 Å². The summed E-state index contributed by atoms with van der Waals surface area (Å²) in [5.74, 6) is 0.316. The maximum Gasteiger partial charge on any atom is 0.417 e. The first kappa shape index (κ1) is 20.0. The number of alkyl halides is 3. The van der Waals surface area contributed by atoms with Gasteiger partial charge in [0, 0.05) is 23.3 Å². The van der Waals surface area contributed by atoms with E-state index in [0.29, 0.717) is 22.3 Å². The lowest BCUT2D eigenvalue weighted by Crippen LogP contribution is -2.15. The zero-order chi connectivity index (χ0) is 21.3. The maximum atomic E-state index is 13.4. The Kier molecular flexibility index (Phi) is 5.22. The van der Waals surface area contributed by atoms with E-state index in [-0.39, 0.29) is 11.3 Å². The van der Waals surface area contributed by atoms with Gasteiger partial charge in [0.1, 0.15) is 17.1 Å². The number of rotatable bonds is 4. The first-order valence-corrected chi connectivity index (χ1v) is 9.33. The molecule has 4 nitrogen and oxygen atoms in total. The van der Waals surface area contributed by atoms with Gasteiger partial charge >= 0.3 is 6.18 Å². The van der Waals surface area contributed by atoms with Crippen LogP contribution in [-0.4, -0.2) is 15.1 Å². The first-order valence-electron chi connectivity index (χ1n) is 8.95. The minimum atomic E-state index is -4.62. The molecular formula is C22H15ClF3N3O. The average Bonchev–Trinajstić information content (AvgIpc) is 2.73. The number of phenolic OH excluding ortho intramolecular Hbond substituents is 1. The van der Waals surface area contributed by atoms with Crippen molar-refractivity contribution in [3.8, 4) is 5.75 Å². The van der Waals surface area contributed by atoms with Gasteiger partial charge in [0.15, 0.2) is 0 Å². The number of aromatic nitrogens is 2. The Morgan fingerprint density at radius 2 is 1.73 bits per heavy atom. The lowest BCUT2D eigenvalue weighted by atomic mass is 9.95. The fourth-order valence-corrected chi connectivity index (χ4v) is 3.48. The molecule has 4 aromatic rings. The third-order valence-electron chi connectivity index (χ3n) is 4.68. The summed E-state index contributed by atoms with van der Waals surface area (Å²) in [4.78, 5) is 8.39. The van der Waals surface area contributed by atoms with E-state index in [0.717, 1.165) is 6.07 Å². The molecule has 0 aliphatic carbocycles. The number of nitrogens with zero attached hydrogens (tertiary/aromatic N) is 2. The predicted molar refractivity (Wildman–Crippen MR) is 110 cm³/mol. The minimum Gasteiger partial charge on any atom is -0.505 e. The number of hydrogen-bond acceptors (Lipinski definition) is 4. The molecule has 0 saturated heterocycles. The van der Waals surface area contributed by atoms with Crippen molar-refractivity contribution >= 4 is 28.3 Å². The van der Waals surface area contributed by atoms with Gasteiger partial charge in [-0.2, -0.15) is 13.2 Å². The standard InChI is InChI=1S/C22H15ClF3N3O/c23-17-9-7-14(12-16(17)22(24,25)26)19(29-18-5-1-2-10-27-18)15-8-6-13-4-3-11-28-20(13)21(15)30/h1-12,19,30H,(H,27,29). The Morgan fingerprint density at radius 1 is 0.933 bits per heavy atom. The summed E-state index contributed by atoms with van der Waals surface area (Å²) in [6.07, 6.45) is -1.52. The van der Waals surface area contributed by atoms with Gasteiger partial charge in [-0.3, -0.25) is 4.98 Å². The second-order valence-electron chi connectivity index (χ2n) is 6.61. The molecule has 0 aliphatic rings. The highest BCUT2D eigenvalue weighted by atomic mass is 35.5. The van der Waals surface area contributed by atoms with Crippen molar-refractivity contribution in [2.24, 2.45) is 0 Å². The summed E-state index contributed by atoms with van der Waals surface area (Å²) in [5, 5.41) is 14.3. The zero-order valence-electron chi connectivity index (χ0n) is 15.4. The van der Waals surface area contributed by atoms with E-state index in [4.69, 9.17) is 11.6 Å². The van der Waals surface area contributed by atoms with Crippen LogP contribution in [0.1, 0.15) is 22.7 Å². The predicted octanol–water partition coefficient (Wildman–Crippen LogP) is 6.21. The number of fused-ring (bicyclic) bond motifs is 1. The van der Waals surface area contributed by atoms with E-state index in [2.05, 4.69) is 15.3 Å². The molecular weight excluding hydrogens is 415 g/mol. The largest absolute Gasteiger partial charge is 0.505 e. The average molecular weight is 430 g/mol. The Balaban J connectivity index is 1.89. The van der Waals surface area contributed by atoms with Crippen molar-refractivity contribution in [1.82, 2.24) is 9.97 Å². The lowest BCUT2D eigenvalue weighted by Gasteiger charge is -2.23. The van der Waals surface area contributed by atoms with Crippen LogP contribution in [0.5, 0.6) is 5.75 Å². The van der Waals surface area contributed by atoms with Gasteiger partial charge in [0.05, 0.1) is 16.6 Å². The van der Waals surface area contributed by atoms with Crippen LogP contribution in [0, 0.1) is 0 Å². The van der Waals surface area contributed by atoms with E-state index in [1.54, 1.807) is 48.7 Å². The van der Waals surface area contributed by atoms with Crippen LogP contribution in [0.25, 0.3) is 10.9 Å². The topological polar surface area (TPSA) is 58.0 Å². The van der Waals surface area contributed by atoms with Crippen molar-refractivity contribution in [3.05, 3.63) is 94.8 Å². The maximum absolute atomic E-state index is 13.4. The summed E-state index contributed by atoms with van der Waals surface area (Å²) in [5.41, 5.74) is 0.0333. The minimum absolute atomic E-state index is 0.120. The van der Waals surface area contributed by atoms with Crippen LogP contribution in [0.4, 0.5) is 19.0 Å². The fourth-order valence-electron chi connectivity index (χ4n) is 3.25. The zero-order valence-corrected chi connectivity index (χ0v) is 16.1. The highest BCUT2D eigenvalue weighted by Gasteiger charge is 2.34. The highest BCUT2D eigenvalue weighted by molar-refractivity contribution is 6.31. The number of phenols is 1. The molecule has 4 rings (SSSR count). The van der Waals surface area contributed by atoms with Gasteiger partial charge in [-0.05, 0) is 35.9 Å². The van der Waals surface area contributed by atoms with Gasteiger partial charge in [0.2, 0.25) is 0 Å². The normalized spacial score (nSPS) is 12.7. The molecule has 2 N–H and O–H groups in total. The second kappa shape index (κ2) is 7.84. The molecule has 1 atom stereocenters. The van der Waals surface area contributed by atoms with Gasteiger partial charge in [-0.25, -0.2) is 4.98 Å². The van der Waals surface area contributed by atoms with Crippen molar-refractivity contribution < 1.29 is 18.3 Å². The second-order valence-corrected chi connectivity index (χ2v) is 7.02. The fraction of sp³-hybridized carbons (Fsp3) is 0.0909. The Morgan fingerprint density at radius 3 is 2.47 bits per heavy atom.